The highest BCUT2D eigenvalue weighted by Gasteiger charge is 2.02. The molecule has 0 aliphatic heterocycles. The van der Waals surface area contributed by atoms with E-state index in [2.05, 4.69) is 15.4 Å². The summed E-state index contributed by atoms with van der Waals surface area (Å²) in [6.07, 6.45) is 0. The first-order chi connectivity index (χ1) is 5.70. The first kappa shape index (κ1) is 11.7. The SMILES string of the molecule is COCNC(=O)CNC(C)CCl. The molecule has 12 heavy (non-hydrogen) atoms. The van der Waals surface area contributed by atoms with Crippen molar-refractivity contribution in [2.45, 2.75) is 13.0 Å². The van der Waals surface area contributed by atoms with Crippen molar-refractivity contribution in [1.29, 1.82) is 0 Å². The van der Waals surface area contributed by atoms with Crippen LogP contribution in [-0.4, -0.2) is 38.2 Å². The van der Waals surface area contributed by atoms with Gasteiger partial charge >= 0.3 is 0 Å². The number of hydrogen-bond acceptors (Lipinski definition) is 3. The second kappa shape index (κ2) is 7.34. The zero-order valence-electron chi connectivity index (χ0n) is 7.39. The molecule has 5 heteroatoms. The Bertz CT molecular complexity index is 133. The number of methoxy groups -OCH3 is 1. The molecule has 1 atom stereocenters. The van der Waals surface area contributed by atoms with Gasteiger partial charge in [-0.1, -0.05) is 0 Å². The Labute approximate surface area is 77.6 Å². The molecule has 1 unspecified atom stereocenters. The van der Waals surface area contributed by atoms with Crippen LogP contribution >= 0.6 is 11.6 Å². The Morgan fingerprint density at radius 2 is 2.33 bits per heavy atom. The van der Waals surface area contributed by atoms with Crippen molar-refractivity contribution in [3.05, 3.63) is 0 Å². The van der Waals surface area contributed by atoms with Crippen LogP contribution < -0.4 is 10.6 Å². The monoisotopic (exact) mass is 194 g/mol. The second-order valence-corrected chi connectivity index (χ2v) is 2.78. The first-order valence-electron chi connectivity index (χ1n) is 3.75. The van der Waals surface area contributed by atoms with Crippen molar-refractivity contribution in [2.24, 2.45) is 0 Å². The van der Waals surface area contributed by atoms with E-state index in [4.69, 9.17) is 11.6 Å². The van der Waals surface area contributed by atoms with Crippen LogP contribution in [0.2, 0.25) is 0 Å². The third kappa shape index (κ3) is 6.39. The standard InChI is InChI=1S/C7H15ClN2O2/c1-6(3-8)9-4-7(11)10-5-12-2/h6,9H,3-5H2,1-2H3,(H,10,11). The van der Waals surface area contributed by atoms with Crippen molar-refractivity contribution in [3.63, 3.8) is 0 Å². The average Bonchev–Trinajstić information content (AvgIpc) is 2.10. The van der Waals surface area contributed by atoms with Crippen LogP contribution in [0, 0.1) is 0 Å². The summed E-state index contributed by atoms with van der Waals surface area (Å²) in [5.74, 6) is 0.409. The minimum absolute atomic E-state index is 0.0891. The number of ether oxygens (including phenoxy) is 1. The van der Waals surface area contributed by atoms with E-state index in [1.807, 2.05) is 6.92 Å². The quantitative estimate of drug-likeness (QED) is 0.460. The van der Waals surface area contributed by atoms with Crippen LogP contribution in [-0.2, 0) is 9.53 Å². The summed E-state index contributed by atoms with van der Waals surface area (Å²) >= 11 is 5.52. The maximum absolute atomic E-state index is 10.9. The number of nitrogens with one attached hydrogen (secondary N) is 2. The van der Waals surface area contributed by atoms with Gasteiger partial charge in [0, 0.05) is 19.0 Å². The van der Waals surface area contributed by atoms with Gasteiger partial charge in [-0.25, -0.2) is 0 Å². The molecule has 0 heterocycles. The van der Waals surface area contributed by atoms with E-state index in [0.717, 1.165) is 0 Å². The third-order valence-corrected chi connectivity index (χ3v) is 1.72. The van der Waals surface area contributed by atoms with Crippen molar-refractivity contribution in [2.75, 3.05) is 26.3 Å². The summed E-state index contributed by atoms with van der Waals surface area (Å²) in [7, 11) is 1.52. The fraction of sp³-hybridized carbons (Fsp3) is 0.857. The molecule has 4 nitrogen and oxygen atoms in total. The van der Waals surface area contributed by atoms with Gasteiger partial charge in [0.15, 0.2) is 0 Å². The van der Waals surface area contributed by atoms with E-state index < -0.39 is 0 Å². The molecule has 0 aromatic carbocycles. The molecule has 2 N–H and O–H groups in total. The average molecular weight is 195 g/mol. The third-order valence-electron chi connectivity index (χ3n) is 1.26. The van der Waals surface area contributed by atoms with Gasteiger partial charge in [-0.15, -0.1) is 11.6 Å². The highest BCUT2D eigenvalue weighted by molar-refractivity contribution is 6.18. The van der Waals surface area contributed by atoms with Gasteiger partial charge in [0.2, 0.25) is 5.91 Å². The largest absolute Gasteiger partial charge is 0.364 e. The van der Waals surface area contributed by atoms with Crippen LogP contribution in [0.25, 0.3) is 0 Å². The molecule has 0 saturated heterocycles. The Hall–Kier alpha value is -0.320. The molecule has 0 aromatic heterocycles. The Morgan fingerprint density at radius 1 is 1.67 bits per heavy atom. The van der Waals surface area contributed by atoms with Crippen LogP contribution in [0.3, 0.4) is 0 Å². The fourth-order valence-corrected chi connectivity index (χ4v) is 0.646. The number of halogens is 1. The summed E-state index contributed by atoms with van der Waals surface area (Å²) in [5, 5.41) is 5.49. The number of alkyl halides is 1. The van der Waals surface area contributed by atoms with E-state index in [0.29, 0.717) is 5.88 Å². The summed E-state index contributed by atoms with van der Waals surface area (Å²) in [5.41, 5.74) is 0. The number of carbonyl (C=O) groups is 1. The molecule has 0 bridgehead atoms. The van der Waals surface area contributed by atoms with Crippen LogP contribution in [0.15, 0.2) is 0 Å². The molecule has 0 spiro atoms. The van der Waals surface area contributed by atoms with Gasteiger partial charge in [0.05, 0.1) is 6.54 Å². The van der Waals surface area contributed by atoms with Gasteiger partial charge in [0.1, 0.15) is 6.73 Å². The number of hydrogen-bond donors (Lipinski definition) is 2. The second-order valence-electron chi connectivity index (χ2n) is 2.47. The Kier molecular flexibility index (Phi) is 7.14. The van der Waals surface area contributed by atoms with Gasteiger partial charge < -0.3 is 15.4 Å². The summed E-state index contributed by atoms with van der Waals surface area (Å²) in [4.78, 5) is 10.9. The zero-order valence-corrected chi connectivity index (χ0v) is 8.15. The smallest absolute Gasteiger partial charge is 0.235 e. The van der Waals surface area contributed by atoms with Crippen molar-refractivity contribution < 1.29 is 9.53 Å². The number of rotatable bonds is 6. The molecular formula is C7H15ClN2O2. The maximum Gasteiger partial charge on any atom is 0.235 e. The van der Waals surface area contributed by atoms with Gasteiger partial charge in [-0.3, -0.25) is 4.79 Å². The van der Waals surface area contributed by atoms with E-state index in [1.165, 1.54) is 7.11 Å². The minimum Gasteiger partial charge on any atom is -0.364 e. The molecule has 72 valence electrons. The molecule has 0 radical (unpaired) electrons. The highest BCUT2D eigenvalue weighted by Crippen LogP contribution is 1.83. The van der Waals surface area contributed by atoms with Gasteiger partial charge in [-0.2, -0.15) is 0 Å². The number of carbonyl (C=O) groups excluding carboxylic acids is 1. The lowest BCUT2D eigenvalue weighted by Gasteiger charge is -2.09. The highest BCUT2D eigenvalue weighted by atomic mass is 35.5. The van der Waals surface area contributed by atoms with E-state index in [1.54, 1.807) is 0 Å². The van der Waals surface area contributed by atoms with Gasteiger partial charge in [-0.05, 0) is 6.92 Å². The van der Waals surface area contributed by atoms with Crippen LogP contribution in [0.4, 0.5) is 0 Å². The lowest BCUT2D eigenvalue weighted by molar-refractivity contribution is -0.121. The Morgan fingerprint density at radius 3 is 2.83 bits per heavy atom. The fourth-order valence-electron chi connectivity index (χ4n) is 0.537. The van der Waals surface area contributed by atoms with E-state index >= 15 is 0 Å². The summed E-state index contributed by atoms with van der Waals surface area (Å²) in [6.45, 7) is 2.43. The lowest BCUT2D eigenvalue weighted by Crippen LogP contribution is -2.39. The molecule has 0 saturated carbocycles. The topological polar surface area (TPSA) is 50.4 Å². The van der Waals surface area contributed by atoms with Crippen LogP contribution in [0.1, 0.15) is 6.92 Å². The minimum atomic E-state index is -0.0891. The summed E-state index contributed by atoms with van der Waals surface area (Å²) < 4.78 is 4.66. The maximum atomic E-state index is 10.9. The zero-order chi connectivity index (χ0) is 9.40. The summed E-state index contributed by atoms with van der Waals surface area (Å²) in [6, 6.07) is 0.153. The molecule has 0 aliphatic carbocycles. The predicted octanol–water partition coefficient (Wildman–Crippen LogP) is -0.0766. The van der Waals surface area contributed by atoms with Crippen molar-refractivity contribution in [3.8, 4) is 0 Å². The van der Waals surface area contributed by atoms with Gasteiger partial charge in [0.25, 0.3) is 0 Å². The Balaban J connectivity index is 3.31. The number of amides is 1. The van der Waals surface area contributed by atoms with Crippen molar-refractivity contribution >= 4 is 17.5 Å². The molecule has 0 fully saturated rings. The molecular weight excluding hydrogens is 180 g/mol. The van der Waals surface area contributed by atoms with Crippen molar-refractivity contribution in [1.82, 2.24) is 10.6 Å². The normalized spacial score (nSPS) is 12.6. The first-order valence-corrected chi connectivity index (χ1v) is 4.29. The molecule has 0 rings (SSSR count). The van der Waals surface area contributed by atoms with E-state index in [-0.39, 0.29) is 25.2 Å². The lowest BCUT2D eigenvalue weighted by atomic mass is 10.4. The van der Waals surface area contributed by atoms with E-state index in [9.17, 15) is 4.79 Å². The molecule has 1 amide bonds. The predicted molar refractivity (Wildman–Crippen MR) is 48.2 cm³/mol. The van der Waals surface area contributed by atoms with Crippen LogP contribution in [0.5, 0.6) is 0 Å². The molecule has 0 aromatic rings. The molecule has 0 aliphatic rings.